The third kappa shape index (κ3) is 8.10. The van der Waals surface area contributed by atoms with Gasteiger partial charge in [0.1, 0.15) is 0 Å². The summed E-state index contributed by atoms with van der Waals surface area (Å²) in [6, 6.07) is 0. The van der Waals surface area contributed by atoms with E-state index in [1.54, 1.807) is 0 Å². The Hall–Kier alpha value is 0. The van der Waals surface area contributed by atoms with Crippen LogP contribution >= 0.6 is 0 Å². The van der Waals surface area contributed by atoms with Crippen molar-refractivity contribution in [3.8, 4) is 0 Å². The minimum Gasteiger partial charge on any atom is -0.0628 e. The predicted octanol–water partition coefficient (Wildman–Crippen LogP) is 4.49. The highest BCUT2D eigenvalue weighted by Crippen LogP contribution is 2.18. The molecular weight excluding hydrogens is 144 g/mol. The fourth-order valence-corrected chi connectivity index (χ4v) is 1.80. The first-order valence-corrected chi connectivity index (χ1v) is 5.52. The van der Waals surface area contributed by atoms with E-state index in [0.29, 0.717) is 0 Å². The lowest BCUT2D eigenvalue weighted by molar-refractivity contribution is 0.388. The van der Waals surface area contributed by atoms with Crippen molar-refractivity contribution < 1.29 is 0 Å². The summed E-state index contributed by atoms with van der Waals surface area (Å²) < 4.78 is 0. The zero-order valence-electron chi connectivity index (χ0n) is 9.56. The van der Waals surface area contributed by atoms with E-state index in [-0.39, 0.29) is 0 Å². The van der Waals surface area contributed by atoms with Crippen LogP contribution in [0.3, 0.4) is 0 Å². The van der Waals surface area contributed by atoms with Crippen LogP contribution in [0.15, 0.2) is 0 Å². The lowest BCUT2D eigenvalue weighted by Crippen LogP contribution is -2.00. The predicted molar refractivity (Wildman–Crippen MR) is 57.3 cm³/mol. The molecule has 0 aromatic carbocycles. The minimum atomic E-state index is 0.874. The molecule has 0 unspecified atom stereocenters. The van der Waals surface area contributed by atoms with Gasteiger partial charge >= 0.3 is 0 Å². The van der Waals surface area contributed by atoms with E-state index in [0.717, 1.165) is 17.8 Å². The molecule has 0 aliphatic carbocycles. The summed E-state index contributed by atoms with van der Waals surface area (Å²) in [5.74, 6) is 2.69. The molecule has 0 N–H and O–H groups in total. The van der Waals surface area contributed by atoms with Gasteiger partial charge in [-0.15, -0.1) is 0 Å². The van der Waals surface area contributed by atoms with Gasteiger partial charge in [-0.2, -0.15) is 0 Å². The molecule has 0 radical (unpaired) electrons. The van der Waals surface area contributed by atoms with Gasteiger partial charge in [-0.3, -0.25) is 0 Å². The Bertz CT molecular complexity index is 92.2. The lowest BCUT2D eigenvalue weighted by Gasteiger charge is -2.14. The molecule has 0 nitrogen and oxygen atoms in total. The van der Waals surface area contributed by atoms with Crippen molar-refractivity contribution in [3.05, 3.63) is 0 Å². The molecule has 1 atom stereocenters. The molecule has 12 heavy (non-hydrogen) atoms. The van der Waals surface area contributed by atoms with Gasteiger partial charge in [-0.1, -0.05) is 53.9 Å². The number of hydrogen-bond donors (Lipinski definition) is 0. The molecule has 0 fully saturated rings. The first-order chi connectivity index (χ1) is 5.52. The zero-order chi connectivity index (χ0) is 9.56. The Kier molecular flexibility index (Phi) is 6.51. The SMILES string of the molecule is CC(C)CCC[C@@H](C)CC(C)C. The minimum absolute atomic E-state index is 0.874. The highest BCUT2D eigenvalue weighted by molar-refractivity contribution is 4.57. The van der Waals surface area contributed by atoms with E-state index in [4.69, 9.17) is 0 Å². The first-order valence-electron chi connectivity index (χ1n) is 5.52. The van der Waals surface area contributed by atoms with Gasteiger partial charge in [0.25, 0.3) is 0 Å². The van der Waals surface area contributed by atoms with Gasteiger partial charge in [0, 0.05) is 0 Å². The standard InChI is InChI=1S/C12H26/c1-10(2)7-6-8-12(5)9-11(3)4/h10-12H,6-9H2,1-5H3/t12-/m1/s1. The van der Waals surface area contributed by atoms with Crippen LogP contribution in [0, 0.1) is 17.8 Å². The van der Waals surface area contributed by atoms with Crippen molar-refractivity contribution >= 4 is 0 Å². The van der Waals surface area contributed by atoms with Gasteiger partial charge in [-0.25, -0.2) is 0 Å². The van der Waals surface area contributed by atoms with Crippen LogP contribution in [0.25, 0.3) is 0 Å². The summed E-state index contributed by atoms with van der Waals surface area (Å²) in [5.41, 5.74) is 0. The van der Waals surface area contributed by atoms with E-state index in [1.165, 1.54) is 25.7 Å². The van der Waals surface area contributed by atoms with Crippen molar-refractivity contribution in [2.24, 2.45) is 17.8 Å². The molecule has 0 heteroatoms. The summed E-state index contributed by atoms with van der Waals surface area (Å²) in [6.45, 7) is 11.7. The van der Waals surface area contributed by atoms with Gasteiger partial charge in [0.15, 0.2) is 0 Å². The van der Waals surface area contributed by atoms with Crippen LogP contribution in [-0.2, 0) is 0 Å². The van der Waals surface area contributed by atoms with Crippen molar-refractivity contribution in [2.75, 3.05) is 0 Å². The Morgan fingerprint density at radius 2 is 1.33 bits per heavy atom. The third-order valence-corrected chi connectivity index (χ3v) is 2.35. The summed E-state index contributed by atoms with van der Waals surface area (Å²) in [4.78, 5) is 0. The smallest absolute Gasteiger partial charge is 0.0440 e. The molecule has 0 saturated carbocycles. The average molecular weight is 170 g/mol. The van der Waals surface area contributed by atoms with Crippen molar-refractivity contribution in [3.63, 3.8) is 0 Å². The molecule has 0 bridgehead atoms. The van der Waals surface area contributed by atoms with Gasteiger partial charge in [-0.05, 0) is 24.2 Å². The molecule has 0 heterocycles. The fourth-order valence-electron chi connectivity index (χ4n) is 1.80. The Balaban J connectivity index is 3.25. The molecule has 0 aromatic heterocycles. The topological polar surface area (TPSA) is 0 Å². The zero-order valence-corrected chi connectivity index (χ0v) is 9.56. The number of rotatable bonds is 6. The van der Waals surface area contributed by atoms with Gasteiger partial charge in [0.05, 0.1) is 0 Å². The Labute approximate surface area is 78.8 Å². The summed E-state index contributed by atoms with van der Waals surface area (Å²) in [7, 11) is 0. The Morgan fingerprint density at radius 1 is 0.750 bits per heavy atom. The second-order valence-electron chi connectivity index (χ2n) is 5.06. The largest absolute Gasteiger partial charge is 0.0628 e. The van der Waals surface area contributed by atoms with Crippen LogP contribution in [0.2, 0.25) is 0 Å². The van der Waals surface area contributed by atoms with Gasteiger partial charge in [0.2, 0.25) is 0 Å². The molecule has 0 aliphatic rings. The second kappa shape index (κ2) is 6.51. The molecule has 0 aliphatic heterocycles. The molecular formula is C12H26. The highest BCUT2D eigenvalue weighted by Gasteiger charge is 2.04. The van der Waals surface area contributed by atoms with Crippen LogP contribution in [0.4, 0.5) is 0 Å². The van der Waals surface area contributed by atoms with E-state index in [9.17, 15) is 0 Å². The molecule has 0 spiro atoms. The van der Waals surface area contributed by atoms with Crippen LogP contribution in [-0.4, -0.2) is 0 Å². The molecule has 0 rings (SSSR count). The second-order valence-corrected chi connectivity index (χ2v) is 5.06. The van der Waals surface area contributed by atoms with Crippen LogP contribution in [0.5, 0.6) is 0 Å². The van der Waals surface area contributed by atoms with Gasteiger partial charge < -0.3 is 0 Å². The van der Waals surface area contributed by atoms with Crippen LogP contribution < -0.4 is 0 Å². The average Bonchev–Trinajstić information content (AvgIpc) is 1.84. The maximum atomic E-state index is 2.39. The van der Waals surface area contributed by atoms with Crippen LogP contribution in [0.1, 0.15) is 60.3 Å². The van der Waals surface area contributed by atoms with E-state index >= 15 is 0 Å². The quantitative estimate of drug-likeness (QED) is 0.551. The molecule has 0 saturated heterocycles. The van der Waals surface area contributed by atoms with Crippen molar-refractivity contribution in [2.45, 2.75) is 60.3 Å². The summed E-state index contributed by atoms with van der Waals surface area (Å²) >= 11 is 0. The van der Waals surface area contributed by atoms with Crippen molar-refractivity contribution in [1.29, 1.82) is 0 Å². The molecule has 74 valence electrons. The van der Waals surface area contributed by atoms with E-state index < -0.39 is 0 Å². The highest BCUT2D eigenvalue weighted by atomic mass is 14.1. The summed E-state index contributed by atoms with van der Waals surface area (Å²) in [6.07, 6.45) is 5.66. The molecule has 0 amide bonds. The fraction of sp³-hybridized carbons (Fsp3) is 1.00. The maximum absolute atomic E-state index is 2.39. The lowest BCUT2D eigenvalue weighted by atomic mass is 9.93. The number of hydrogen-bond acceptors (Lipinski definition) is 0. The Morgan fingerprint density at radius 3 is 1.75 bits per heavy atom. The monoisotopic (exact) mass is 170 g/mol. The van der Waals surface area contributed by atoms with Crippen molar-refractivity contribution in [1.82, 2.24) is 0 Å². The maximum Gasteiger partial charge on any atom is -0.0440 e. The third-order valence-electron chi connectivity index (χ3n) is 2.35. The van der Waals surface area contributed by atoms with E-state index in [2.05, 4.69) is 34.6 Å². The normalized spacial score (nSPS) is 14.2. The summed E-state index contributed by atoms with van der Waals surface area (Å²) in [5, 5.41) is 0. The first kappa shape index (κ1) is 12.0. The van der Waals surface area contributed by atoms with E-state index in [1.807, 2.05) is 0 Å². The molecule has 0 aromatic rings.